The number of nitrogens with zero attached hydrogens (tertiary/aromatic N) is 2. The summed E-state index contributed by atoms with van der Waals surface area (Å²) in [4.78, 5) is 5.26. The minimum absolute atomic E-state index is 0.369. The Labute approximate surface area is 106 Å². The van der Waals surface area contributed by atoms with E-state index in [0.717, 1.165) is 12.0 Å². The largest absolute Gasteiger partial charge is 0.328 e. The van der Waals surface area contributed by atoms with Crippen LogP contribution in [0.15, 0.2) is 0 Å². The highest BCUT2D eigenvalue weighted by molar-refractivity contribution is 4.89. The van der Waals surface area contributed by atoms with Gasteiger partial charge in [0.15, 0.2) is 0 Å². The lowest BCUT2D eigenvalue weighted by Gasteiger charge is -2.46. The fraction of sp³-hybridized carbons (Fsp3) is 1.00. The Morgan fingerprint density at radius 1 is 1.29 bits per heavy atom. The molecule has 2 heterocycles. The summed E-state index contributed by atoms with van der Waals surface area (Å²) in [6, 6.07) is 1.24. The van der Waals surface area contributed by atoms with Crippen molar-refractivity contribution in [3.63, 3.8) is 0 Å². The number of nitrogens with two attached hydrogens (primary N) is 1. The van der Waals surface area contributed by atoms with Gasteiger partial charge in [0.05, 0.1) is 0 Å². The number of fused-ring (bicyclic) bond motifs is 1. The first-order chi connectivity index (χ1) is 8.16. The summed E-state index contributed by atoms with van der Waals surface area (Å²) < 4.78 is 0. The number of hydrogen-bond acceptors (Lipinski definition) is 3. The maximum atomic E-state index is 5.81. The van der Waals surface area contributed by atoms with E-state index < -0.39 is 0 Å². The lowest BCUT2D eigenvalue weighted by atomic mass is 9.84. The van der Waals surface area contributed by atoms with E-state index in [1.165, 1.54) is 58.3 Å². The van der Waals surface area contributed by atoms with Gasteiger partial charge in [0, 0.05) is 18.6 Å². The van der Waals surface area contributed by atoms with Gasteiger partial charge >= 0.3 is 0 Å². The number of piperidine rings is 2. The van der Waals surface area contributed by atoms with Crippen LogP contribution in [0.4, 0.5) is 0 Å². The van der Waals surface area contributed by atoms with E-state index in [2.05, 4.69) is 23.8 Å². The zero-order chi connectivity index (χ0) is 12.3. The molecule has 3 atom stereocenters. The lowest BCUT2D eigenvalue weighted by molar-refractivity contribution is 0.0379. The van der Waals surface area contributed by atoms with Crippen LogP contribution in [0.25, 0.3) is 0 Å². The van der Waals surface area contributed by atoms with Gasteiger partial charge in [-0.1, -0.05) is 0 Å². The van der Waals surface area contributed by atoms with Gasteiger partial charge < -0.3 is 15.5 Å². The molecular weight excluding hydrogens is 210 g/mol. The third-order valence-electron chi connectivity index (χ3n) is 4.56. The molecule has 0 bridgehead atoms. The molecule has 0 aliphatic carbocycles. The highest BCUT2D eigenvalue weighted by atomic mass is 15.2. The maximum Gasteiger partial charge on any atom is 0.0145 e. The van der Waals surface area contributed by atoms with E-state index in [1.807, 2.05) is 0 Å². The van der Waals surface area contributed by atoms with Crippen LogP contribution in [0.2, 0.25) is 0 Å². The van der Waals surface area contributed by atoms with Gasteiger partial charge in [0.2, 0.25) is 0 Å². The summed E-state index contributed by atoms with van der Waals surface area (Å²) in [7, 11) is 2.31. The molecule has 0 aromatic carbocycles. The summed E-state index contributed by atoms with van der Waals surface area (Å²) in [6.07, 6.45) is 6.65. The summed E-state index contributed by atoms with van der Waals surface area (Å²) >= 11 is 0. The first-order valence-electron chi connectivity index (χ1n) is 7.35. The fourth-order valence-corrected chi connectivity index (χ4v) is 3.57. The Balaban J connectivity index is 1.73. The van der Waals surface area contributed by atoms with E-state index in [1.54, 1.807) is 0 Å². The molecule has 3 nitrogen and oxygen atoms in total. The van der Waals surface area contributed by atoms with Gasteiger partial charge in [-0.05, 0) is 71.6 Å². The van der Waals surface area contributed by atoms with Crippen LogP contribution in [-0.4, -0.2) is 55.1 Å². The Kier molecular flexibility index (Phi) is 4.83. The summed E-state index contributed by atoms with van der Waals surface area (Å²) in [5.74, 6) is 0.929. The van der Waals surface area contributed by atoms with Gasteiger partial charge in [-0.25, -0.2) is 0 Å². The Bertz CT molecular complexity index is 228. The van der Waals surface area contributed by atoms with Crippen molar-refractivity contribution in [2.75, 3.05) is 33.2 Å². The van der Waals surface area contributed by atoms with Crippen LogP contribution in [0.1, 0.15) is 39.0 Å². The molecule has 2 saturated heterocycles. The summed E-state index contributed by atoms with van der Waals surface area (Å²) in [5, 5.41) is 0. The molecule has 0 amide bonds. The van der Waals surface area contributed by atoms with Crippen molar-refractivity contribution in [1.29, 1.82) is 0 Å². The van der Waals surface area contributed by atoms with Crippen molar-refractivity contribution in [3.05, 3.63) is 0 Å². The predicted molar refractivity (Wildman–Crippen MR) is 73.1 cm³/mol. The normalized spacial score (nSPS) is 33.4. The van der Waals surface area contributed by atoms with Crippen molar-refractivity contribution < 1.29 is 0 Å². The maximum absolute atomic E-state index is 5.81. The zero-order valence-corrected chi connectivity index (χ0v) is 11.6. The summed E-state index contributed by atoms with van der Waals surface area (Å²) in [6.45, 7) is 7.31. The molecule has 100 valence electrons. The van der Waals surface area contributed by atoms with Crippen LogP contribution in [0.3, 0.4) is 0 Å². The number of rotatable bonds is 4. The first kappa shape index (κ1) is 13.3. The van der Waals surface area contributed by atoms with Gasteiger partial charge in [-0.2, -0.15) is 0 Å². The van der Waals surface area contributed by atoms with Crippen LogP contribution < -0.4 is 5.73 Å². The Morgan fingerprint density at radius 3 is 2.88 bits per heavy atom. The molecule has 2 aliphatic heterocycles. The molecule has 0 saturated carbocycles. The minimum Gasteiger partial charge on any atom is -0.328 e. The van der Waals surface area contributed by atoms with Gasteiger partial charge in [-0.15, -0.1) is 0 Å². The van der Waals surface area contributed by atoms with E-state index >= 15 is 0 Å². The van der Waals surface area contributed by atoms with E-state index in [-0.39, 0.29) is 0 Å². The third kappa shape index (κ3) is 3.67. The average Bonchev–Trinajstić information content (AvgIpc) is 2.29. The van der Waals surface area contributed by atoms with Gasteiger partial charge in [0.25, 0.3) is 0 Å². The molecule has 0 spiro atoms. The van der Waals surface area contributed by atoms with Crippen LogP contribution in [-0.2, 0) is 0 Å². The molecule has 0 aromatic heterocycles. The SMILES string of the molecule is CC(N)CCCN1CCC2C(CCCN2C)C1. The zero-order valence-electron chi connectivity index (χ0n) is 11.6. The van der Waals surface area contributed by atoms with Gasteiger partial charge in [-0.3, -0.25) is 0 Å². The van der Waals surface area contributed by atoms with E-state index in [4.69, 9.17) is 5.73 Å². The first-order valence-corrected chi connectivity index (χ1v) is 7.35. The molecule has 0 aromatic rings. The minimum atomic E-state index is 0.369. The predicted octanol–water partition coefficient (Wildman–Crippen LogP) is 1.53. The highest BCUT2D eigenvalue weighted by Crippen LogP contribution is 2.29. The topological polar surface area (TPSA) is 32.5 Å². The highest BCUT2D eigenvalue weighted by Gasteiger charge is 2.33. The van der Waals surface area contributed by atoms with Crippen LogP contribution >= 0.6 is 0 Å². The third-order valence-corrected chi connectivity index (χ3v) is 4.56. The molecule has 2 N–H and O–H groups in total. The smallest absolute Gasteiger partial charge is 0.0145 e. The Hall–Kier alpha value is -0.120. The average molecular weight is 239 g/mol. The van der Waals surface area contributed by atoms with Crippen LogP contribution in [0, 0.1) is 5.92 Å². The molecule has 2 fully saturated rings. The molecule has 3 heteroatoms. The lowest BCUT2D eigenvalue weighted by Crippen LogP contribution is -2.52. The van der Waals surface area contributed by atoms with Crippen molar-refractivity contribution >= 4 is 0 Å². The van der Waals surface area contributed by atoms with Crippen LogP contribution in [0.5, 0.6) is 0 Å². The number of hydrogen-bond donors (Lipinski definition) is 1. The molecule has 2 aliphatic rings. The Morgan fingerprint density at radius 2 is 2.12 bits per heavy atom. The molecule has 17 heavy (non-hydrogen) atoms. The van der Waals surface area contributed by atoms with E-state index in [9.17, 15) is 0 Å². The second kappa shape index (κ2) is 6.17. The second-order valence-electron chi connectivity index (χ2n) is 6.16. The van der Waals surface area contributed by atoms with Crippen molar-refractivity contribution in [3.8, 4) is 0 Å². The number of likely N-dealkylation sites (tertiary alicyclic amines) is 2. The fourth-order valence-electron chi connectivity index (χ4n) is 3.57. The molecule has 0 radical (unpaired) electrons. The van der Waals surface area contributed by atoms with Crippen molar-refractivity contribution in [2.24, 2.45) is 11.7 Å². The molecule has 3 unspecified atom stereocenters. The monoisotopic (exact) mass is 239 g/mol. The molecule has 2 rings (SSSR count). The quantitative estimate of drug-likeness (QED) is 0.807. The van der Waals surface area contributed by atoms with Crippen molar-refractivity contribution in [2.45, 2.75) is 51.1 Å². The van der Waals surface area contributed by atoms with E-state index in [0.29, 0.717) is 6.04 Å². The second-order valence-corrected chi connectivity index (χ2v) is 6.16. The van der Waals surface area contributed by atoms with Crippen molar-refractivity contribution in [1.82, 2.24) is 9.80 Å². The standard InChI is InChI=1S/C14H29N3/c1-12(15)5-3-9-17-10-7-14-13(11-17)6-4-8-16(14)2/h12-14H,3-11,15H2,1-2H3. The summed E-state index contributed by atoms with van der Waals surface area (Å²) in [5.41, 5.74) is 5.81. The van der Waals surface area contributed by atoms with Gasteiger partial charge in [0.1, 0.15) is 0 Å². The molecular formula is C14H29N3.